The van der Waals surface area contributed by atoms with Gasteiger partial charge in [-0.15, -0.1) is 0 Å². The molecule has 2 atom stereocenters. The van der Waals surface area contributed by atoms with Crippen LogP contribution in [0.3, 0.4) is 0 Å². The fraction of sp³-hybridized carbons (Fsp3) is 0.355. The highest BCUT2D eigenvalue weighted by Gasteiger charge is 2.33. The first-order chi connectivity index (χ1) is 19.6. The van der Waals surface area contributed by atoms with Gasteiger partial charge in [-0.25, -0.2) is 8.42 Å². The molecule has 0 aliphatic heterocycles. The van der Waals surface area contributed by atoms with Gasteiger partial charge in [-0.2, -0.15) is 0 Å². The van der Waals surface area contributed by atoms with Crippen molar-refractivity contribution in [3.8, 4) is 11.5 Å². The largest absolute Gasteiger partial charge is 0.493 e. The molecular weight excluding hydrogens is 542 g/mol. The van der Waals surface area contributed by atoms with Crippen LogP contribution < -0.4 is 19.1 Å². The van der Waals surface area contributed by atoms with Crippen molar-refractivity contribution < 1.29 is 27.5 Å². The summed E-state index contributed by atoms with van der Waals surface area (Å²) in [5.74, 6) is -0.176. The van der Waals surface area contributed by atoms with Crippen molar-refractivity contribution in [2.75, 3.05) is 31.6 Å². The van der Waals surface area contributed by atoms with Crippen molar-refractivity contribution in [1.82, 2.24) is 10.2 Å². The van der Waals surface area contributed by atoms with Crippen LogP contribution in [0.15, 0.2) is 83.8 Å². The van der Waals surface area contributed by atoms with Crippen molar-refractivity contribution in [2.24, 2.45) is 0 Å². The Morgan fingerprint density at radius 1 is 0.878 bits per heavy atom. The molecule has 220 valence electrons. The number of hydrogen-bond donors (Lipinski definition) is 1. The van der Waals surface area contributed by atoms with Gasteiger partial charge < -0.3 is 19.7 Å². The molecular formula is C31H39N3O6S. The molecule has 0 unspecified atom stereocenters. The van der Waals surface area contributed by atoms with E-state index in [1.54, 1.807) is 37.3 Å². The number of amides is 2. The third-order valence-electron chi connectivity index (χ3n) is 6.92. The quantitative estimate of drug-likeness (QED) is 0.305. The minimum Gasteiger partial charge on any atom is -0.493 e. The van der Waals surface area contributed by atoms with E-state index in [0.29, 0.717) is 17.9 Å². The van der Waals surface area contributed by atoms with Gasteiger partial charge in [-0.1, -0.05) is 55.5 Å². The number of hydrogen-bond acceptors (Lipinski definition) is 6. The minimum absolute atomic E-state index is 0.0646. The average molecular weight is 582 g/mol. The zero-order valence-corrected chi connectivity index (χ0v) is 25.1. The Balaban J connectivity index is 1.99. The summed E-state index contributed by atoms with van der Waals surface area (Å²) in [6.45, 7) is 5.25. The summed E-state index contributed by atoms with van der Waals surface area (Å²) in [6.07, 6.45) is 1.24. The van der Waals surface area contributed by atoms with Crippen LogP contribution >= 0.6 is 0 Å². The lowest BCUT2D eigenvalue weighted by Gasteiger charge is -2.32. The smallest absolute Gasteiger partial charge is 0.264 e. The number of anilines is 1. The van der Waals surface area contributed by atoms with Gasteiger partial charge >= 0.3 is 0 Å². The molecule has 0 aliphatic rings. The van der Waals surface area contributed by atoms with Gasteiger partial charge in [0.15, 0.2) is 11.5 Å². The molecule has 0 radical (unpaired) electrons. The van der Waals surface area contributed by atoms with E-state index in [2.05, 4.69) is 5.32 Å². The van der Waals surface area contributed by atoms with Crippen molar-refractivity contribution in [3.63, 3.8) is 0 Å². The summed E-state index contributed by atoms with van der Waals surface area (Å²) in [4.78, 5) is 28.4. The molecule has 0 saturated carbocycles. The van der Waals surface area contributed by atoms with Crippen LogP contribution in [-0.4, -0.2) is 64.5 Å². The third-order valence-corrected chi connectivity index (χ3v) is 8.69. The van der Waals surface area contributed by atoms with Crippen molar-refractivity contribution in [1.29, 1.82) is 0 Å². The fourth-order valence-electron chi connectivity index (χ4n) is 4.26. The molecule has 41 heavy (non-hydrogen) atoms. The number of para-hydroxylation sites is 1. The Labute approximate surface area is 243 Å². The Hall–Kier alpha value is -4.05. The highest BCUT2D eigenvalue weighted by Crippen LogP contribution is 2.32. The second-order valence-electron chi connectivity index (χ2n) is 9.68. The molecule has 3 aromatic rings. The van der Waals surface area contributed by atoms with E-state index >= 15 is 0 Å². The van der Waals surface area contributed by atoms with E-state index in [1.165, 1.54) is 37.3 Å². The lowest BCUT2D eigenvalue weighted by atomic mass is 10.1. The zero-order valence-electron chi connectivity index (χ0n) is 24.2. The van der Waals surface area contributed by atoms with E-state index in [1.807, 2.05) is 44.2 Å². The van der Waals surface area contributed by atoms with E-state index in [-0.39, 0.29) is 29.1 Å². The third kappa shape index (κ3) is 8.00. The summed E-state index contributed by atoms with van der Waals surface area (Å²) in [5.41, 5.74) is 1.31. The van der Waals surface area contributed by atoms with E-state index < -0.39 is 28.5 Å². The maximum atomic E-state index is 14.0. The molecule has 3 rings (SSSR count). The van der Waals surface area contributed by atoms with Gasteiger partial charge in [0.2, 0.25) is 11.8 Å². The number of rotatable bonds is 14. The van der Waals surface area contributed by atoms with Crippen LogP contribution in [0, 0.1) is 0 Å². The standard InChI is InChI=1S/C31H39N3O6S/c1-6-23(2)32-31(36)24(3)33(20-19-25-13-9-7-10-14-25)30(35)22-34(26-15-11-8-12-16-26)41(37,38)27-17-18-28(39-4)29(21-27)40-5/h7-18,21,23-24H,6,19-20,22H2,1-5H3,(H,32,36)/t23-,24-/m0/s1. The Kier molecular flexibility index (Phi) is 11.2. The summed E-state index contributed by atoms with van der Waals surface area (Å²) in [5, 5.41) is 2.94. The Bertz CT molecular complexity index is 1400. The van der Waals surface area contributed by atoms with Crippen LogP contribution in [0.5, 0.6) is 11.5 Å². The molecule has 0 heterocycles. The van der Waals surface area contributed by atoms with Crippen molar-refractivity contribution in [3.05, 3.63) is 84.4 Å². The SMILES string of the molecule is CC[C@H](C)NC(=O)[C@H](C)N(CCc1ccccc1)C(=O)CN(c1ccccc1)S(=O)(=O)c1ccc(OC)c(OC)c1. The summed E-state index contributed by atoms with van der Waals surface area (Å²) in [7, 11) is -1.34. The molecule has 0 fully saturated rings. The summed E-state index contributed by atoms with van der Waals surface area (Å²) < 4.78 is 39.7. The van der Waals surface area contributed by atoms with Gasteiger partial charge in [0.1, 0.15) is 12.6 Å². The highest BCUT2D eigenvalue weighted by molar-refractivity contribution is 7.92. The summed E-state index contributed by atoms with van der Waals surface area (Å²) in [6, 6.07) is 21.4. The van der Waals surface area contributed by atoms with Crippen LogP contribution in [0.25, 0.3) is 0 Å². The molecule has 0 aromatic heterocycles. The number of ether oxygens (including phenoxy) is 2. The predicted molar refractivity (Wildman–Crippen MR) is 160 cm³/mol. The molecule has 3 aromatic carbocycles. The fourth-order valence-corrected chi connectivity index (χ4v) is 5.69. The number of nitrogens with one attached hydrogen (secondary N) is 1. The second kappa shape index (κ2) is 14.5. The number of carbonyl (C=O) groups is 2. The van der Waals surface area contributed by atoms with Crippen LogP contribution in [0.1, 0.15) is 32.8 Å². The first kappa shape index (κ1) is 31.5. The number of methoxy groups -OCH3 is 2. The molecule has 0 saturated heterocycles. The maximum absolute atomic E-state index is 14.0. The van der Waals surface area contributed by atoms with Crippen molar-refractivity contribution >= 4 is 27.5 Å². The minimum atomic E-state index is -4.23. The van der Waals surface area contributed by atoms with Crippen LogP contribution in [-0.2, 0) is 26.0 Å². The molecule has 0 bridgehead atoms. The molecule has 0 spiro atoms. The first-order valence-corrected chi connectivity index (χ1v) is 15.0. The summed E-state index contributed by atoms with van der Waals surface area (Å²) >= 11 is 0. The molecule has 10 heteroatoms. The topological polar surface area (TPSA) is 105 Å². The van der Waals surface area contributed by atoms with E-state index in [4.69, 9.17) is 9.47 Å². The lowest BCUT2D eigenvalue weighted by molar-refractivity contribution is -0.139. The Morgan fingerprint density at radius 3 is 2.07 bits per heavy atom. The highest BCUT2D eigenvalue weighted by atomic mass is 32.2. The monoisotopic (exact) mass is 581 g/mol. The molecule has 0 aliphatic carbocycles. The van der Waals surface area contributed by atoms with E-state index in [0.717, 1.165) is 16.3 Å². The van der Waals surface area contributed by atoms with Crippen LogP contribution in [0.2, 0.25) is 0 Å². The lowest BCUT2D eigenvalue weighted by Crippen LogP contribution is -2.53. The number of carbonyl (C=O) groups excluding carboxylic acids is 2. The van der Waals surface area contributed by atoms with Gasteiger partial charge in [0.25, 0.3) is 10.0 Å². The zero-order chi connectivity index (χ0) is 30.0. The van der Waals surface area contributed by atoms with Crippen molar-refractivity contribution in [2.45, 2.75) is 50.6 Å². The van der Waals surface area contributed by atoms with Crippen LogP contribution in [0.4, 0.5) is 5.69 Å². The van der Waals surface area contributed by atoms with E-state index in [9.17, 15) is 18.0 Å². The molecule has 9 nitrogen and oxygen atoms in total. The number of nitrogens with zero attached hydrogens (tertiary/aromatic N) is 2. The average Bonchev–Trinajstić information content (AvgIpc) is 3.00. The van der Waals surface area contributed by atoms with Gasteiger partial charge in [-0.3, -0.25) is 13.9 Å². The maximum Gasteiger partial charge on any atom is 0.264 e. The first-order valence-electron chi connectivity index (χ1n) is 13.6. The second-order valence-corrected chi connectivity index (χ2v) is 11.5. The number of sulfonamides is 1. The molecule has 1 N–H and O–H groups in total. The normalized spacial score (nSPS) is 12.6. The molecule has 2 amide bonds. The van der Waals surface area contributed by atoms with Gasteiger partial charge in [0, 0.05) is 18.7 Å². The van der Waals surface area contributed by atoms with Gasteiger partial charge in [-0.05, 0) is 56.5 Å². The predicted octanol–water partition coefficient (Wildman–Crippen LogP) is 4.27. The Morgan fingerprint density at radius 2 is 1.49 bits per heavy atom. The van der Waals surface area contributed by atoms with Gasteiger partial charge in [0.05, 0.1) is 24.8 Å². The number of benzene rings is 3.